The lowest BCUT2D eigenvalue weighted by molar-refractivity contribution is -0.121. The van der Waals surface area contributed by atoms with Crippen LogP contribution in [0.4, 0.5) is 5.69 Å². The summed E-state index contributed by atoms with van der Waals surface area (Å²) in [5.41, 5.74) is 1.46. The van der Waals surface area contributed by atoms with Crippen molar-refractivity contribution in [3.05, 3.63) is 28.2 Å². The van der Waals surface area contributed by atoms with Crippen LogP contribution >= 0.6 is 15.9 Å². The zero-order valence-corrected chi connectivity index (χ0v) is 12.2. The first kappa shape index (κ1) is 14.2. The van der Waals surface area contributed by atoms with E-state index in [4.69, 9.17) is 4.74 Å². The number of nitrogens with one attached hydrogen (secondary N) is 1. The molecule has 0 bridgehead atoms. The average molecular weight is 300 g/mol. The highest BCUT2D eigenvalue weighted by molar-refractivity contribution is 9.10. The van der Waals surface area contributed by atoms with Crippen molar-refractivity contribution in [3.8, 4) is 0 Å². The maximum absolute atomic E-state index is 11.8. The molecule has 0 saturated heterocycles. The maximum Gasteiger partial charge on any atom is 0.227 e. The summed E-state index contributed by atoms with van der Waals surface area (Å²) in [5.74, 6) is -0.0469. The number of hydrogen-bond donors (Lipinski definition) is 1. The fourth-order valence-corrected chi connectivity index (χ4v) is 2.08. The molecule has 0 unspecified atom stereocenters. The molecule has 1 aromatic carbocycles. The number of hydrogen-bond acceptors (Lipinski definition) is 2. The molecule has 17 heavy (non-hydrogen) atoms. The van der Waals surface area contributed by atoms with Gasteiger partial charge in [-0.1, -0.05) is 15.9 Å². The molecular weight excluding hydrogens is 282 g/mol. The number of aryl methyl sites for hydroxylation is 1. The smallest absolute Gasteiger partial charge is 0.227 e. The molecule has 1 amide bonds. The molecule has 1 aromatic rings. The second-order valence-electron chi connectivity index (χ2n) is 4.71. The third kappa shape index (κ3) is 4.88. The monoisotopic (exact) mass is 299 g/mol. The molecule has 1 N–H and O–H groups in total. The second-order valence-corrected chi connectivity index (χ2v) is 5.62. The van der Waals surface area contributed by atoms with E-state index in [2.05, 4.69) is 21.2 Å². The highest BCUT2D eigenvalue weighted by Crippen LogP contribution is 2.20. The van der Waals surface area contributed by atoms with Gasteiger partial charge in [-0.2, -0.15) is 0 Å². The Morgan fingerprint density at radius 2 is 2.06 bits per heavy atom. The molecular formula is C13H18BrNO2. The van der Waals surface area contributed by atoms with Crippen LogP contribution in [0.5, 0.6) is 0 Å². The summed E-state index contributed by atoms with van der Waals surface area (Å²) in [6, 6.07) is 5.81. The van der Waals surface area contributed by atoms with E-state index in [1.165, 1.54) is 0 Å². The number of amides is 1. The Labute approximate surface area is 111 Å². The van der Waals surface area contributed by atoms with Crippen LogP contribution in [0.25, 0.3) is 0 Å². The molecule has 0 spiro atoms. The first-order valence-corrected chi connectivity index (χ1v) is 6.24. The Bertz CT molecular complexity index is 396. The van der Waals surface area contributed by atoms with E-state index < -0.39 is 5.60 Å². The van der Waals surface area contributed by atoms with Gasteiger partial charge in [0.1, 0.15) is 0 Å². The van der Waals surface area contributed by atoms with Gasteiger partial charge in [-0.25, -0.2) is 0 Å². The van der Waals surface area contributed by atoms with Gasteiger partial charge in [0, 0.05) is 17.3 Å². The lowest BCUT2D eigenvalue weighted by Gasteiger charge is -2.22. The van der Waals surface area contributed by atoms with Crippen LogP contribution in [0.1, 0.15) is 25.8 Å². The zero-order chi connectivity index (χ0) is 13.1. The molecule has 0 aliphatic carbocycles. The molecule has 94 valence electrons. The Kier molecular flexibility index (Phi) is 4.71. The largest absolute Gasteiger partial charge is 0.378 e. The quantitative estimate of drug-likeness (QED) is 0.924. The van der Waals surface area contributed by atoms with Gasteiger partial charge in [-0.3, -0.25) is 4.79 Å². The third-order valence-corrected chi connectivity index (χ3v) is 2.92. The van der Waals surface area contributed by atoms with Crippen molar-refractivity contribution < 1.29 is 9.53 Å². The van der Waals surface area contributed by atoms with Crippen molar-refractivity contribution >= 4 is 27.5 Å². The highest BCUT2D eigenvalue weighted by Gasteiger charge is 2.21. The molecule has 4 heteroatoms. The standard InChI is InChI=1S/C13H18BrNO2/c1-9-5-10(14)7-11(6-9)15-12(16)8-13(2,3)17-4/h5-7H,8H2,1-4H3,(H,15,16). The van der Waals surface area contributed by atoms with E-state index in [1.807, 2.05) is 39.0 Å². The number of benzene rings is 1. The van der Waals surface area contributed by atoms with Crippen LogP contribution < -0.4 is 5.32 Å². The number of halogens is 1. The SMILES string of the molecule is COC(C)(C)CC(=O)Nc1cc(C)cc(Br)c1. The van der Waals surface area contributed by atoms with Crippen molar-refractivity contribution in [1.29, 1.82) is 0 Å². The van der Waals surface area contributed by atoms with Gasteiger partial charge in [0.15, 0.2) is 0 Å². The molecule has 0 saturated carbocycles. The molecule has 1 rings (SSSR count). The Hall–Kier alpha value is -0.870. The number of carbonyl (C=O) groups is 1. The van der Waals surface area contributed by atoms with Crippen LogP contribution in [0, 0.1) is 6.92 Å². The summed E-state index contributed by atoms with van der Waals surface area (Å²) < 4.78 is 6.18. The summed E-state index contributed by atoms with van der Waals surface area (Å²) >= 11 is 3.40. The van der Waals surface area contributed by atoms with Crippen molar-refractivity contribution in [3.63, 3.8) is 0 Å². The van der Waals surface area contributed by atoms with E-state index >= 15 is 0 Å². The summed E-state index contributed by atoms with van der Waals surface area (Å²) in [6.45, 7) is 5.76. The van der Waals surface area contributed by atoms with Crippen molar-refractivity contribution in [1.82, 2.24) is 0 Å². The Morgan fingerprint density at radius 1 is 1.41 bits per heavy atom. The van der Waals surface area contributed by atoms with Crippen molar-refractivity contribution in [2.45, 2.75) is 32.8 Å². The lowest BCUT2D eigenvalue weighted by atomic mass is 10.0. The van der Waals surface area contributed by atoms with E-state index in [1.54, 1.807) is 7.11 Å². The lowest BCUT2D eigenvalue weighted by Crippen LogP contribution is -2.29. The number of carbonyl (C=O) groups excluding carboxylic acids is 1. The third-order valence-electron chi connectivity index (χ3n) is 2.46. The molecule has 0 atom stereocenters. The first-order chi connectivity index (χ1) is 7.82. The Morgan fingerprint density at radius 3 is 2.59 bits per heavy atom. The molecule has 0 heterocycles. The fourth-order valence-electron chi connectivity index (χ4n) is 1.47. The van der Waals surface area contributed by atoms with E-state index in [9.17, 15) is 4.79 Å². The van der Waals surface area contributed by atoms with Gasteiger partial charge in [-0.05, 0) is 44.5 Å². The average Bonchev–Trinajstić information content (AvgIpc) is 2.14. The van der Waals surface area contributed by atoms with Gasteiger partial charge >= 0.3 is 0 Å². The topological polar surface area (TPSA) is 38.3 Å². The first-order valence-electron chi connectivity index (χ1n) is 5.44. The van der Waals surface area contributed by atoms with Gasteiger partial charge in [0.2, 0.25) is 5.91 Å². The molecule has 3 nitrogen and oxygen atoms in total. The van der Waals surface area contributed by atoms with Gasteiger partial charge in [-0.15, -0.1) is 0 Å². The maximum atomic E-state index is 11.8. The molecule has 0 aliphatic rings. The van der Waals surface area contributed by atoms with Crippen LogP contribution in [-0.2, 0) is 9.53 Å². The predicted octanol–water partition coefficient (Wildman–Crippen LogP) is 3.51. The molecule has 0 fully saturated rings. The second kappa shape index (κ2) is 5.65. The molecule has 0 radical (unpaired) electrons. The Balaban J connectivity index is 2.68. The summed E-state index contributed by atoms with van der Waals surface area (Å²) in [4.78, 5) is 11.8. The van der Waals surface area contributed by atoms with Gasteiger partial charge < -0.3 is 10.1 Å². The number of anilines is 1. The number of rotatable bonds is 4. The summed E-state index contributed by atoms with van der Waals surface area (Å²) in [7, 11) is 1.61. The van der Waals surface area contributed by atoms with E-state index in [0.29, 0.717) is 6.42 Å². The van der Waals surface area contributed by atoms with Crippen molar-refractivity contribution in [2.75, 3.05) is 12.4 Å². The van der Waals surface area contributed by atoms with Crippen molar-refractivity contribution in [2.24, 2.45) is 0 Å². The highest BCUT2D eigenvalue weighted by atomic mass is 79.9. The predicted molar refractivity (Wildman–Crippen MR) is 73.2 cm³/mol. The summed E-state index contributed by atoms with van der Waals surface area (Å²) in [6.07, 6.45) is 0.328. The number of methoxy groups -OCH3 is 1. The minimum atomic E-state index is -0.439. The van der Waals surface area contributed by atoms with E-state index in [-0.39, 0.29) is 5.91 Å². The van der Waals surface area contributed by atoms with Crippen LogP contribution in [0.3, 0.4) is 0 Å². The van der Waals surface area contributed by atoms with Gasteiger partial charge in [0.25, 0.3) is 0 Å². The van der Waals surface area contributed by atoms with Crippen LogP contribution in [0.2, 0.25) is 0 Å². The minimum Gasteiger partial charge on any atom is -0.378 e. The number of ether oxygens (including phenoxy) is 1. The summed E-state index contributed by atoms with van der Waals surface area (Å²) in [5, 5.41) is 2.87. The molecule has 0 aliphatic heterocycles. The molecule has 0 aromatic heterocycles. The minimum absolute atomic E-state index is 0.0469. The van der Waals surface area contributed by atoms with Gasteiger partial charge in [0.05, 0.1) is 12.0 Å². The van der Waals surface area contributed by atoms with Crippen LogP contribution in [0.15, 0.2) is 22.7 Å². The van der Waals surface area contributed by atoms with E-state index in [0.717, 1.165) is 15.7 Å². The normalized spacial score (nSPS) is 11.4. The fraction of sp³-hybridized carbons (Fsp3) is 0.462. The zero-order valence-electron chi connectivity index (χ0n) is 10.6. The van der Waals surface area contributed by atoms with Crippen LogP contribution in [-0.4, -0.2) is 18.6 Å².